The van der Waals surface area contributed by atoms with Gasteiger partial charge in [-0.15, -0.1) is 0 Å². The third kappa shape index (κ3) is 2.01. The first-order valence-corrected chi connectivity index (χ1v) is 6.02. The molecule has 2 rings (SSSR count). The maximum absolute atomic E-state index is 11.6. The maximum atomic E-state index is 11.6. The molecule has 0 fully saturated rings. The van der Waals surface area contributed by atoms with Gasteiger partial charge in [0.2, 0.25) is 11.9 Å². The number of aromatic nitrogens is 2. The van der Waals surface area contributed by atoms with Crippen molar-refractivity contribution in [3.63, 3.8) is 0 Å². The fourth-order valence-electron chi connectivity index (χ4n) is 2.14. The van der Waals surface area contributed by atoms with Crippen molar-refractivity contribution in [2.75, 3.05) is 5.73 Å². The number of nitrogens with two attached hydrogens (primary N) is 2. The molecular weight excluding hydrogens is 252 g/mol. The minimum Gasteiger partial charge on any atom is -0.369 e. The highest BCUT2D eigenvalue weighted by molar-refractivity contribution is 6.31. The molecular formula is C12H15ClN4O. The van der Waals surface area contributed by atoms with Crippen molar-refractivity contribution in [2.24, 2.45) is 11.7 Å². The second-order valence-electron chi connectivity index (χ2n) is 4.56. The smallest absolute Gasteiger partial charge is 0.240 e. The van der Waals surface area contributed by atoms with Crippen LogP contribution < -0.4 is 11.5 Å². The van der Waals surface area contributed by atoms with Gasteiger partial charge < -0.3 is 11.5 Å². The van der Waals surface area contributed by atoms with E-state index in [2.05, 4.69) is 4.98 Å². The average Bonchev–Trinajstić information content (AvgIpc) is 2.54. The van der Waals surface area contributed by atoms with Crippen LogP contribution in [0.15, 0.2) is 18.2 Å². The Morgan fingerprint density at radius 3 is 2.67 bits per heavy atom. The summed E-state index contributed by atoms with van der Waals surface area (Å²) in [5, 5.41) is 0.576. The number of amides is 1. The molecule has 0 spiro atoms. The predicted molar refractivity (Wildman–Crippen MR) is 72.2 cm³/mol. The Kier molecular flexibility index (Phi) is 3.17. The number of fused-ring (bicyclic) bond motifs is 1. The number of nitrogen functional groups attached to an aromatic ring is 1. The number of benzene rings is 1. The standard InChI is InChI=1S/C12H15ClN4O/c1-6(2)10(11(14)18)17-9-4-3-7(13)5-8(9)16-12(17)15/h3-6,10H,1-2H3,(H2,14,18)(H2,15,16). The molecule has 5 nitrogen and oxygen atoms in total. The van der Waals surface area contributed by atoms with Gasteiger partial charge >= 0.3 is 0 Å². The Bertz CT molecular complexity index is 605. The van der Waals surface area contributed by atoms with Crippen molar-refractivity contribution >= 4 is 34.5 Å². The number of nitrogens with zero attached hydrogens (tertiary/aromatic N) is 2. The molecule has 0 aliphatic carbocycles. The van der Waals surface area contributed by atoms with Crippen molar-refractivity contribution < 1.29 is 4.79 Å². The SMILES string of the molecule is CC(C)C(C(N)=O)n1c(N)nc2cc(Cl)ccc21. The van der Waals surface area contributed by atoms with E-state index in [0.717, 1.165) is 5.52 Å². The highest BCUT2D eigenvalue weighted by atomic mass is 35.5. The van der Waals surface area contributed by atoms with Crippen LogP contribution in [0.25, 0.3) is 11.0 Å². The molecule has 4 N–H and O–H groups in total. The van der Waals surface area contributed by atoms with Crippen molar-refractivity contribution in [1.82, 2.24) is 9.55 Å². The zero-order valence-corrected chi connectivity index (χ0v) is 11.0. The van der Waals surface area contributed by atoms with E-state index in [1.165, 1.54) is 0 Å². The van der Waals surface area contributed by atoms with Crippen LogP contribution in [0, 0.1) is 5.92 Å². The van der Waals surface area contributed by atoms with Crippen LogP contribution in [0.3, 0.4) is 0 Å². The molecule has 0 radical (unpaired) electrons. The van der Waals surface area contributed by atoms with Crippen LogP contribution in [-0.2, 0) is 4.79 Å². The molecule has 18 heavy (non-hydrogen) atoms. The predicted octanol–water partition coefficient (Wildman–Crippen LogP) is 1.95. The first-order valence-electron chi connectivity index (χ1n) is 5.64. The molecule has 1 unspecified atom stereocenters. The van der Waals surface area contributed by atoms with Crippen LogP contribution in [-0.4, -0.2) is 15.5 Å². The number of imidazole rings is 1. The number of carbonyl (C=O) groups excluding carboxylic acids is 1. The highest BCUT2D eigenvalue weighted by Gasteiger charge is 2.25. The van der Waals surface area contributed by atoms with E-state index in [9.17, 15) is 4.79 Å². The number of primary amides is 1. The van der Waals surface area contributed by atoms with Crippen LogP contribution >= 0.6 is 11.6 Å². The molecule has 1 amide bonds. The van der Waals surface area contributed by atoms with E-state index in [1.807, 2.05) is 13.8 Å². The molecule has 1 aromatic heterocycles. The summed E-state index contributed by atoms with van der Waals surface area (Å²) in [6.07, 6.45) is 0. The lowest BCUT2D eigenvalue weighted by Crippen LogP contribution is -2.31. The minimum absolute atomic E-state index is 0.0258. The number of hydrogen-bond acceptors (Lipinski definition) is 3. The van der Waals surface area contributed by atoms with Gasteiger partial charge in [-0.3, -0.25) is 9.36 Å². The van der Waals surface area contributed by atoms with Crippen LogP contribution in [0.2, 0.25) is 5.02 Å². The summed E-state index contributed by atoms with van der Waals surface area (Å²) in [4.78, 5) is 15.8. The van der Waals surface area contributed by atoms with Crippen LogP contribution in [0.5, 0.6) is 0 Å². The highest BCUT2D eigenvalue weighted by Crippen LogP contribution is 2.28. The molecule has 96 valence electrons. The third-order valence-corrected chi connectivity index (χ3v) is 3.12. The monoisotopic (exact) mass is 266 g/mol. The molecule has 0 saturated heterocycles. The van der Waals surface area contributed by atoms with Gasteiger partial charge in [0.25, 0.3) is 0 Å². The zero-order chi connectivity index (χ0) is 13.4. The molecule has 0 saturated carbocycles. The number of rotatable bonds is 3. The van der Waals surface area contributed by atoms with Gasteiger partial charge in [0, 0.05) is 5.02 Å². The molecule has 1 heterocycles. The molecule has 1 atom stereocenters. The Balaban J connectivity index is 2.69. The van der Waals surface area contributed by atoms with Gasteiger partial charge in [-0.05, 0) is 24.1 Å². The van der Waals surface area contributed by atoms with E-state index in [-0.39, 0.29) is 11.9 Å². The third-order valence-electron chi connectivity index (χ3n) is 2.88. The summed E-state index contributed by atoms with van der Waals surface area (Å²) >= 11 is 5.90. The Hall–Kier alpha value is -1.75. The van der Waals surface area contributed by atoms with Gasteiger partial charge in [-0.25, -0.2) is 4.98 Å². The zero-order valence-electron chi connectivity index (χ0n) is 10.2. The van der Waals surface area contributed by atoms with Crippen molar-refractivity contribution in [2.45, 2.75) is 19.9 Å². The van der Waals surface area contributed by atoms with E-state index in [0.29, 0.717) is 10.5 Å². The number of carbonyl (C=O) groups is 1. The summed E-state index contributed by atoms with van der Waals surface area (Å²) in [5.41, 5.74) is 12.7. The lowest BCUT2D eigenvalue weighted by atomic mass is 10.0. The summed E-state index contributed by atoms with van der Waals surface area (Å²) in [5.74, 6) is -0.131. The van der Waals surface area contributed by atoms with Crippen molar-refractivity contribution in [3.05, 3.63) is 23.2 Å². The first-order chi connectivity index (χ1) is 8.41. The van der Waals surface area contributed by atoms with E-state index in [1.54, 1.807) is 22.8 Å². The quantitative estimate of drug-likeness (QED) is 0.890. The molecule has 0 bridgehead atoms. The lowest BCUT2D eigenvalue weighted by molar-refractivity contribution is -0.122. The molecule has 6 heteroatoms. The maximum Gasteiger partial charge on any atom is 0.240 e. The van der Waals surface area contributed by atoms with Gasteiger partial charge in [-0.2, -0.15) is 0 Å². The van der Waals surface area contributed by atoms with Crippen LogP contribution in [0.1, 0.15) is 19.9 Å². The Morgan fingerprint density at radius 1 is 1.44 bits per heavy atom. The van der Waals surface area contributed by atoms with Crippen LogP contribution in [0.4, 0.5) is 5.95 Å². The summed E-state index contributed by atoms with van der Waals surface area (Å²) in [6, 6.07) is 4.72. The van der Waals surface area contributed by atoms with Gasteiger partial charge in [-0.1, -0.05) is 25.4 Å². The van der Waals surface area contributed by atoms with Gasteiger partial charge in [0.1, 0.15) is 6.04 Å². The largest absolute Gasteiger partial charge is 0.369 e. The van der Waals surface area contributed by atoms with E-state index < -0.39 is 11.9 Å². The summed E-state index contributed by atoms with van der Waals surface area (Å²) in [6.45, 7) is 3.83. The second-order valence-corrected chi connectivity index (χ2v) is 5.00. The molecule has 2 aromatic rings. The van der Waals surface area contributed by atoms with Crippen molar-refractivity contribution in [3.8, 4) is 0 Å². The Labute approximate surface area is 110 Å². The molecule has 0 aliphatic heterocycles. The fraction of sp³-hybridized carbons (Fsp3) is 0.333. The summed E-state index contributed by atoms with van der Waals surface area (Å²) in [7, 11) is 0. The lowest BCUT2D eigenvalue weighted by Gasteiger charge is -2.20. The van der Waals surface area contributed by atoms with Crippen molar-refractivity contribution in [1.29, 1.82) is 0 Å². The number of anilines is 1. The number of halogens is 1. The summed E-state index contributed by atoms with van der Waals surface area (Å²) < 4.78 is 1.67. The number of hydrogen-bond donors (Lipinski definition) is 2. The van der Waals surface area contributed by atoms with E-state index >= 15 is 0 Å². The topological polar surface area (TPSA) is 86.9 Å². The molecule has 0 aliphatic rings. The first kappa shape index (κ1) is 12.7. The average molecular weight is 267 g/mol. The second kappa shape index (κ2) is 4.49. The van der Waals surface area contributed by atoms with Gasteiger partial charge in [0.15, 0.2) is 0 Å². The normalized spacial score (nSPS) is 13.1. The van der Waals surface area contributed by atoms with E-state index in [4.69, 9.17) is 23.1 Å². The fourth-order valence-corrected chi connectivity index (χ4v) is 2.30. The van der Waals surface area contributed by atoms with Gasteiger partial charge in [0.05, 0.1) is 11.0 Å². The minimum atomic E-state index is -0.517. The molecule has 1 aromatic carbocycles. The Morgan fingerprint density at radius 2 is 2.11 bits per heavy atom.